The minimum absolute atomic E-state index is 0.202. The highest BCUT2D eigenvalue weighted by molar-refractivity contribution is 7.13. The molecule has 1 N–H and O–H groups in total. The summed E-state index contributed by atoms with van der Waals surface area (Å²) >= 11 is 1.70. The van der Waals surface area contributed by atoms with E-state index in [0.717, 1.165) is 50.4 Å². The maximum absolute atomic E-state index is 12.3. The van der Waals surface area contributed by atoms with Gasteiger partial charge < -0.3 is 10.2 Å². The molecule has 0 aromatic carbocycles. The molecule has 5 heteroatoms. The van der Waals surface area contributed by atoms with E-state index in [-0.39, 0.29) is 11.8 Å². The van der Waals surface area contributed by atoms with Crippen molar-refractivity contribution in [3.8, 4) is 0 Å². The van der Waals surface area contributed by atoms with Crippen molar-refractivity contribution < 1.29 is 4.79 Å². The number of anilines is 1. The second kappa shape index (κ2) is 9.13. The van der Waals surface area contributed by atoms with Crippen molar-refractivity contribution in [3.05, 3.63) is 11.6 Å². The van der Waals surface area contributed by atoms with E-state index in [2.05, 4.69) is 29.0 Å². The van der Waals surface area contributed by atoms with Crippen LogP contribution in [0, 0.1) is 11.8 Å². The maximum atomic E-state index is 12.3. The molecule has 1 atom stereocenters. The van der Waals surface area contributed by atoms with Crippen molar-refractivity contribution in [1.82, 2.24) is 10.3 Å². The number of carbonyl (C=O) groups is 1. The second-order valence-corrected chi connectivity index (χ2v) is 7.16. The standard InChI is InChI=1S/C17H29N3OS/c1-3-6-15(7-4-2)16(21)19-12-14-8-5-10-20(13-14)17-18-9-11-22-17/h9,11,14-15H,3-8,10,12-13H2,1-2H3,(H,19,21). The first kappa shape index (κ1) is 17.3. The van der Waals surface area contributed by atoms with Crippen LogP contribution in [-0.2, 0) is 4.79 Å². The largest absolute Gasteiger partial charge is 0.356 e. The minimum Gasteiger partial charge on any atom is -0.356 e. The Bertz CT molecular complexity index is 429. The van der Waals surface area contributed by atoms with Crippen LogP contribution in [-0.4, -0.2) is 30.5 Å². The van der Waals surface area contributed by atoms with Gasteiger partial charge in [0, 0.05) is 37.1 Å². The number of hydrogen-bond donors (Lipinski definition) is 1. The zero-order valence-corrected chi connectivity index (χ0v) is 14.7. The Balaban J connectivity index is 1.79. The molecule has 1 amide bonds. The number of thiazole rings is 1. The van der Waals surface area contributed by atoms with Gasteiger partial charge in [0.25, 0.3) is 0 Å². The van der Waals surface area contributed by atoms with E-state index >= 15 is 0 Å². The molecule has 1 unspecified atom stereocenters. The molecule has 1 aromatic rings. The van der Waals surface area contributed by atoms with Gasteiger partial charge in [-0.25, -0.2) is 4.98 Å². The summed E-state index contributed by atoms with van der Waals surface area (Å²) in [6.07, 6.45) is 8.44. The lowest BCUT2D eigenvalue weighted by molar-refractivity contribution is -0.125. The molecule has 0 aliphatic carbocycles. The fourth-order valence-electron chi connectivity index (χ4n) is 3.27. The Kier molecular flexibility index (Phi) is 7.16. The van der Waals surface area contributed by atoms with Crippen LogP contribution in [0.1, 0.15) is 52.4 Å². The van der Waals surface area contributed by atoms with Crippen molar-refractivity contribution in [3.63, 3.8) is 0 Å². The molecular weight excluding hydrogens is 294 g/mol. The van der Waals surface area contributed by atoms with Crippen LogP contribution in [0.5, 0.6) is 0 Å². The molecule has 0 bridgehead atoms. The molecule has 0 saturated carbocycles. The summed E-state index contributed by atoms with van der Waals surface area (Å²) < 4.78 is 0. The lowest BCUT2D eigenvalue weighted by Crippen LogP contribution is -2.42. The summed E-state index contributed by atoms with van der Waals surface area (Å²) in [7, 11) is 0. The number of rotatable bonds is 8. The quantitative estimate of drug-likeness (QED) is 0.793. The van der Waals surface area contributed by atoms with E-state index in [1.54, 1.807) is 11.3 Å². The molecule has 124 valence electrons. The first-order valence-corrected chi connectivity index (χ1v) is 9.54. The van der Waals surface area contributed by atoms with Crippen LogP contribution in [0.15, 0.2) is 11.6 Å². The Labute approximate surface area is 138 Å². The Morgan fingerprint density at radius 2 is 2.23 bits per heavy atom. The molecule has 1 aliphatic heterocycles. The molecule has 1 aromatic heterocycles. The van der Waals surface area contributed by atoms with E-state index in [0.29, 0.717) is 5.92 Å². The van der Waals surface area contributed by atoms with Crippen molar-refractivity contribution in [2.45, 2.75) is 52.4 Å². The van der Waals surface area contributed by atoms with Crippen LogP contribution in [0.25, 0.3) is 0 Å². The van der Waals surface area contributed by atoms with Gasteiger partial charge in [-0.05, 0) is 31.6 Å². The summed E-state index contributed by atoms with van der Waals surface area (Å²) in [6, 6.07) is 0. The normalized spacial score (nSPS) is 18.7. The zero-order chi connectivity index (χ0) is 15.8. The summed E-state index contributed by atoms with van der Waals surface area (Å²) in [4.78, 5) is 19.1. The smallest absolute Gasteiger partial charge is 0.223 e. The number of nitrogens with one attached hydrogen (secondary N) is 1. The third-order valence-corrected chi connectivity index (χ3v) is 5.25. The summed E-state index contributed by atoms with van der Waals surface area (Å²) in [5.74, 6) is 1.01. The molecule has 0 radical (unpaired) electrons. The van der Waals surface area contributed by atoms with Crippen LogP contribution in [0.3, 0.4) is 0 Å². The topological polar surface area (TPSA) is 45.2 Å². The van der Waals surface area contributed by atoms with Gasteiger partial charge in [-0.2, -0.15) is 0 Å². The number of nitrogens with zero attached hydrogens (tertiary/aromatic N) is 2. The predicted molar refractivity (Wildman–Crippen MR) is 93.4 cm³/mol. The van der Waals surface area contributed by atoms with Crippen LogP contribution < -0.4 is 10.2 Å². The van der Waals surface area contributed by atoms with Gasteiger partial charge in [0.05, 0.1) is 0 Å². The summed E-state index contributed by atoms with van der Waals surface area (Å²) in [5, 5.41) is 6.35. The van der Waals surface area contributed by atoms with E-state index in [9.17, 15) is 4.79 Å². The first-order valence-electron chi connectivity index (χ1n) is 8.66. The Hall–Kier alpha value is -1.10. The monoisotopic (exact) mass is 323 g/mol. The number of carbonyl (C=O) groups excluding carboxylic acids is 1. The lowest BCUT2D eigenvalue weighted by Gasteiger charge is -2.32. The molecule has 22 heavy (non-hydrogen) atoms. The van der Waals surface area contributed by atoms with Gasteiger partial charge in [-0.3, -0.25) is 4.79 Å². The highest BCUT2D eigenvalue weighted by Gasteiger charge is 2.23. The average molecular weight is 324 g/mol. The fourth-order valence-corrected chi connectivity index (χ4v) is 3.95. The summed E-state index contributed by atoms with van der Waals surface area (Å²) in [6.45, 7) is 7.23. The Morgan fingerprint density at radius 1 is 1.45 bits per heavy atom. The van der Waals surface area contributed by atoms with Crippen LogP contribution >= 0.6 is 11.3 Å². The molecule has 0 spiro atoms. The SMILES string of the molecule is CCCC(CCC)C(=O)NCC1CCCN(c2nccs2)C1. The molecule has 4 nitrogen and oxygen atoms in total. The van der Waals surface area contributed by atoms with Gasteiger partial charge in [0.2, 0.25) is 5.91 Å². The summed E-state index contributed by atoms with van der Waals surface area (Å²) in [5.41, 5.74) is 0. The predicted octanol–water partition coefficient (Wildman–Crippen LogP) is 3.69. The van der Waals surface area contributed by atoms with Crippen molar-refractivity contribution >= 4 is 22.4 Å². The van der Waals surface area contributed by atoms with Crippen molar-refractivity contribution in [2.24, 2.45) is 11.8 Å². The molecule has 2 heterocycles. The molecule has 1 aliphatic rings. The number of aromatic nitrogens is 1. The van der Waals surface area contributed by atoms with E-state index in [1.807, 2.05) is 11.6 Å². The number of piperidine rings is 1. The Morgan fingerprint density at radius 3 is 2.86 bits per heavy atom. The fraction of sp³-hybridized carbons (Fsp3) is 0.765. The van der Waals surface area contributed by atoms with Gasteiger partial charge >= 0.3 is 0 Å². The average Bonchev–Trinajstić information content (AvgIpc) is 3.07. The molecule has 1 saturated heterocycles. The minimum atomic E-state index is 0.202. The van der Waals surface area contributed by atoms with Crippen LogP contribution in [0.4, 0.5) is 5.13 Å². The van der Waals surface area contributed by atoms with Crippen molar-refractivity contribution in [2.75, 3.05) is 24.5 Å². The van der Waals surface area contributed by atoms with Gasteiger partial charge in [-0.1, -0.05) is 26.7 Å². The third kappa shape index (κ3) is 4.97. The highest BCUT2D eigenvalue weighted by atomic mass is 32.1. The lowest BCUT2D eigenvalue weighted by atomic mass is 9.95. The van der Waals surface area contributed by atoms with Gasteiger partial charge in [-0.15, -0.1) is 11.3 Å². The van der Waals surface area contributed by atoms with Crippen LogP contribution in [0.2, 0.25) is 0 Å². The zero-order valence-electron chi connectivity index (χ0n) is 13.9. The maximum Gasteiger partial charge on any atom is 0.223 e. The second-order valence-electron chi connectivity index (χ2n) is 6.29. The number of amides is 1. The van der Waals surface area contributed by atoms with Crippen molar-refractivity contribution in [1.29, 1.82) is 0 Å². The van der Waals surface area contributed by atoms with Gasteiger partial charge in [0.1, 0.15) is 0 Å². The first-order chi connectivity index (χ1) is 10.7. The number of hydrogen-bond acceptors (Lipinski definition) is 4. The third-order valence-electron chi connectivity index (χ3n) is 4.42. The van der Waals surface area contributed by atoms with E-state index < -0.39 is 0 Å². The molecule has 1 fully saturated rings. The van der Waals surface area contributed by atoms with Gasteiger partial charge in [0.15, 0.2) is 5.13 Å². The molecular formula is C17H29N3OS. The highest BCUT2D eigenvalue weighted by Crippen LogP contribution is 2.24. The van der Waals surface area contributed by atoms with E-state index in [4.69, 9.17) is 0 Å². The molecule has 2 rings (SSSR count). The van der Waals surface area contributed by atoms with E-state index in [1.165, 1.54) is 12.8 Å².